The molecule has 0 bridgehead atoms. The van der Waals surface area contributed by atoms with Crippen LogP contribution < -0.4 is 5.32 Å². The number of alkyl halides is 3. The summed E-state index contributed by atoms with van der Waals surface area (Å²) >= 11 is 0. The Morgan fingerprint density at radius 2 is 1.93 bits per heavy atom. The maximum atomic E-state index is 12.3. The molecule has 0 amide bonds. The summed E-state index contributed by atoms with van der Waals surface area (Å²) in [6.45, 7) is -0.132. The molecule has 5 heteroatoms. The van der Waals surface area contributed by atoms with Gasteiger partial charge in [0, 0.05) is 5.69 Å². The highest BCUT2D eigenvalue weighted by molar-refractivity contribution is 5.61. The number of rotatable bonds is 3. The lowest BCUT2D eigenvalue weighted by Crippen LogP contribution is -2.11. The van der Waals surface area contributed by atoms with E-state index in [0.29, 0.717) is 6.29 Å². The summed E-state index contributed by atoms with van der Waals surface area (Å²) in [5, 5.41) is 2.38. The first-order chi connectivity index (χ1) is 6.55. The number of hydrogen-bond donors (Lipinski definition) is 1. The van der Waals surface area contributed by atoms with E-state index in [2.05, 4.69) is 5.32 Å². The number of carbonyl (C=O) groups excluding carboxylic acids is 1. The average Bonchev–Trinajstić information content (AvgIpc) is 2.14. The van der Waals surface area contributed by atoms with Crippen molar-refractivity contribution in [3.63, 3.8) is 0 Å². The molecule has 14 heavy (non-hydrogen) atoms. The summed E-state index contributed by atoms with van der Waals surface area (Å²) in [5.74, 6) is 0. The van der Waals surface area contributed by atoms with Crippen LogP contribution in [-0.2, 0) is 11.0 Å². The highest BCUT2D eigenvalue weighted by atomic mass is 19.4. The molecular formula is C9H8F3NO. The number of hydrogen-bond acceptors (Lipinski definition) is 2. The van der Waals surface area contributed by atoms with E-state index in [4.69, 9.17) is 0 Å². The second-order valence-corrected chi connectivity index (χ2v) is 2.59. The zero-order valence-electron chi connectivity index (χ0n) is 7.14. The predicted octanol–water partition coefficient (Wildman–Crippen LogP) is 2.32. The van der Waals surface area contributed by atoms with Crippen LogP contribution in [0.25, 0.3) is 0 Å². The van der Waals surface area contributed by atoms with Gasteiger partial charge in [-0.25, -0.2) is 0 Å². The van der Waals surface area contributed by atoms with Gasteiger partial charge in [-0.05, 0) is 12.1 Å². The molecule has 0 spiro atoms. The molecule has 0 fully saturated rings. The number of nitrogens with one attached hydrogen (secondary N) is 1. The first kappa shape index (κ1) is 10.6. The van der Waals surface area contributed by atoms with Crippen molar-refractivity contribution in [2.75, 3.05) is 11.9 Å². The van der Waals surface area contributed by atoms with E-state index in [1.54, 1.807) is 0 Å². The third-order valence-electron chi connectivity index (χ3n) is 1.61. The zero-order chi connectivity index (χ0) is 10.6. The molecule has 0 aliphatic carbocycles. The monoisotopic (exact) mass is 203 g/mol. The molecule has 0 unspecified atom stereocenters. The Hall–Kier alpha value is -1.52. The Bertz CT molecular complexity index is 322. The molecule has 1 rings (SSSR count). The van der Waals surface area contributed by atoms with Gasteiger partial charge in [-0.3, -0.25) is 0 Å². The Morgan fingerprint density at radius 3 is 2.50 bits per heavy atom. The quantitative estimate of drug-likeness (QED) is 0.764. The lowest BCUT2D eigenvalue weighted by molar-refractivity contribution is -0.137. The van der Waals surface area contributed by atoms with E-state index in [1.165, 1.54) is 18.2 Å². The third-order valence-corrected chi connectivity index (χ3v) is 1.61. The predicted molar refractivity (Wildman–Crippen MR) is 46.0 cm³/mol. The van der Waals surface area contributed by atoms with E-state index in [0.717, 1.165) is 6.07 Å². The number of halogens is 3. The molecule has 0 aromatic heterocycles. The van der Waals surface area contributed by atoms with Gasteiger partial charge >= 0.3 is 6.18 Å². The van der Waals surface area contributed by atoms with E-state index >= 15 is 0 Å². The summed E-state index contributed by atoms with van der Waals surface area (Å²) in [5.41, 5.74) is -0.839. The molecule has 0 saturated heterocycles. The van der Waals surface area contributed by atoms with Crippen molar-refractivity contribution in [1.29, 1.82) is 0 Å². The molecule has 2 nitrogen and oxygen atoms in total. The Morgan fingerprint density at radius 1 is 1.29 bits per heavy atom. The molecule has 1 N–H and O–H groups in total. The highest BCUT2D eigenvalue weighted by Crippen LogP contribution is 2.34. The van der Waals surface area contributed by atoms with Crippen LogP contribution in [0.2, 0.25) is 0 Å². The first-order valence-electron chi connectivity index (χ1n) is 3.89. The second kappa shape index (κ2) is 4.13. The van der Waals surface area contributed by atoms with E-state index < -0.39 is 11.7 Å². The van der Waals surface area contributed by atoms with Crippen molar-refractivity contribution in [2.24, 2.45) is 0 Å². The van der Waals surface area contributed by atoms with Gasteiger partial charge in [-0.15, -0.1) is 0 Å². The molecular weight excluding hydrogens is 195 g/mol. The lowest BCUT2D eigenvalue weighted by Gasteiger charge is -2.12. The topological polar surface area (TPSA) is 29.1 Å². The van der Waals surface area contributed by atoms with Gasteiger partial charge in [-0.2, -0.15) is 13.2 Å². The molecule has 0 radical (unpaired) electrons. The van der Waals surface area contributed by atoms with Crippen molar-refractivity contribution in [2.45, 2.75) is 6.18 Å². The van der Waals surface area contributed by atoms with Crippen molar-refractivity contribution in [3.05, 3.63) is 29.8 Å². The fourth-order valence-electron chi connectivity index (χ4n) is 1.04. The molecule has 76 valence electrons. The molecule has 0 saturated carbocycles. The number of benzene rings is 1. The average molecular weight is 203 g/mol. The number of carbonyl (C=O) groups is 1. The summed E-state index contributed by atoms with van der Waals surface area (Å²) in [4.78, 5) is 10.00. The fraction of sp³-hybridized carbons (Fsp3) is 0.222. The van der Waals surface area contributed by atoms with Gasteiger partial charge < -0.3 is 10.1 Å². The van der Waals surface area contributed by atoms with E-state index in [1.807, 2.05) is 0 Å². The maximum absolute atomic E-state index is 12.3. The summed E-state index contributed by atoms with van der Waals surface area (Å²) in [7, 11) is 0. The minimum absolute atomic E-state index is 0.0768. The zero-order valence-corrected chi connectivity index (χ0v) is 7.14. The molecule has 0 atom stereocenters. The largest absolute Gasteiger partial charge is 0.418 e. The van der Waals surface area contributed by atoms with Gasteiger partial charge in [0.2, 0.25) is 0 Å². The Balaban J connectivity index is 2.97. The van der Waals surface area contributed by atoms with Gasteiger partial charge in [0.25, 0.3) is 0 Å². The minimum Gasteiger partial charge on any atom is -0.378 e. The maximum Gasteiger partial charge on any atom is 0.418 e. The van der Waals surface area contributed by atoms with Gasteiger partial charge in [0.05, 0.1) is 12.1 Å². The lowest BCUT2D eigenvalue weighted by atomic mass is 10.1. The number of para-hydroxylation sites is 1. The Labute approximate surface area is 78.7 Å². The molecule has 1 aromatic rings. The van der Waals surface area contributed by atoms with E-state index in [9.17, 15) is 18.0 Å². The van der Waals surface area contributed by atoms with Crippen LogP contribution in [-0.4, -0.2) is 12.8 Å². The van der Waals surface area contributed by atoms with Gasteiger partial charge in [-0.1, -0.05) is 12.1 Å². The van der Waals surface area contributed by atoms with Crippen molar-refractivity contribution in [1.82, 2.24) is 0 Å². The van der Waals surface area contributed by atoms with Crippen LogP contribution in [0.1, 0.15) is 5.56 Å². The summed E-state index contributed by atoms with van der Waals surface area (Å²) < 4.78 is 37.0. The van der Waals surface area contributed by atoms with Crippen molar-refractivity contribution in [3.8, 4) is 0 Å². The normalized spacial score (nSPS) is 11.1. The van der Waals surface area contributed by atoms with Crippen LogP contribution in [0.15, 0.2) is 24.3 Å². The standard InChI is InChI=1S/C9H8F3NO/c10-9(11,12)7-3-1-2-4-8(7)13-5-6-14/h1-4,6,13H,5H2. The molecule has 0 heterocycles. The van der Waals surface area contributed by atoms with Crippen LogP contribution in [0.3, 0.4) is 0 Å². The van der Waals surface area contributed by atoms with Gasteiger partial charge in [0.1, 0.15) is 6.29 Å². The van der Waals surface area contributed by atoms with E-state index in [-0.39, 0.29) is 12.2 Å². The summed E-state index contributed by atoms with van der Waals surface area (Å²) in [6, 6.07) is 5.02. The van der Waals surface area contributed by atoms with Crippen LogP contribution >= 0.6 is 0 Å². The molecule has 1 aromatic carbocycles. The van der Waals surface area contributed by atoms with Crippen LogP contribution in [0, 0.1) is 0 Å². The van der Waals surface area contributed by atoms with Crippen LogP contribution in [0.4, 0.5) is 18.9 Å². The van der Waals surface area contributed by atoms with Crippen molar-refractivity contribution < 1.29 is 18.0 Å². The highest BCUT2D eigenvalue weighted by Gasteiger charge is 2.32. The third kappa shape index (κ3) is 2.48. The SMILES string of the molecule is O=CCNc1ccccc1C(F)(F)F. The van der Waals surface area contributed by atoms with Gasteiger partial charge in [0.15, 0.2) is 0 Å². The molecule has 0 aliphatic heterocycles. The first-order valence-corrected chi connectivity index (χ1v) is 3.89. The fourth-order valence-corrected chi connectivity index (χ4v) is 1.04. The van der Waals surface area contributed by atoms with Crippen molar-refractivity contribution >= 4 is 12.0 Å². The Kier molecular flexibility index (Phi) is 3.11. The minimum atomic E-state index is -4.40. The smallest absolute Gasteiger partial charge is 0.378 e. The molecule has 0 aliphatic rings. The number of aldehydes is 1. The van der Waals surface area contributed by atoms with Crippen LogP contribution in [0.5, 0.6) is 0 Å². The second-order valence-electron chi connectivity index (χ2n) is 2.59. The number of anilines is 1. The summed E-state index contributed by atoms with van der Waals surface area (Å²) in [6.07, 6.45) is -3.89.